The summed E-state index contributed by atoms with van der Waals surface area (Å²) >= 11 is 3.50. The molecule has 1 aliphatic heterocycles. The predicted molar refractivity (Wildman–Crippen MR) is 66.4 cm³/mol. The smallest absolute Gasteiger partial charge is 0.319 e. The van der Waals surface area contributed by atoms with Gasteiger partial charge in [-0.15, -0.1) is 0 Å². The number of urea groups is 1. The van der Waals surface area contributed by atoms with Crippen LogP contribution in [0.3, 0.4) is 0 Å². The van der Waals surface area contributed by atoms with Crippen molar-refractivity contribution in [1.29, 1.82) is 0 Å². The maximum Gasteiger partial charge on any atom is 0.319 e. The summed E-state index contributed by atoms with van der Waals surface area (Å²) in [5.74, 6) is 0. The summed E-state index contributed by atoms with van der Waals surface area (Å²) in [6.45, 7) is 0. The molecule has 2 amide bonds. The van der Waals surface area contributed by atoms with Crippen LogP contribution in [0.2, 0.25) is 0 Å². The number of benzene rings is 1. The molecule has 0 radical (unpaired) electrons. The quantitative estimate of drug-likeness (QED) is 0.752. The molecule has 4 heteroatoms. The number of amides is 2. The minimum Gasteiger partial charge on any atom is -0.328 e. The first-order chi connectivity index (χ1) is 7.71. The number of anilines is 1. The van der Waals surface area contributed by atoms with Crippen molar-refractivity contribution >= 4 is 27.6 Å². The number of hydrogen-bond donors (Lipinski definition) is 2. The Morgan fingerprint density at radius 2 is 2.00 bits per heavy atom. The number of fused-ring (bicyclic) bond motifs is 2. The van der Waals surface area contributed by atoms with Gasteiger partial charge in [0.25, 0.3) is 0 Å². The summed E-state index contributed by atoms with van der Waals surface area (Å²) in [5.41, 5.74) is 2.04. The summed E-state index contributed by atoms with van der Waals surface area (Å²) in [5, 5.41) is 5.99. The standard InChI is InChI=1S/C12H13BrN2O/c13-9-5-3-4-8-10(9)14-11(16)15-12(8)6-1-2-7-12/h3-5H,1-2,6-7H2,(H2,14,15,16). The van der Waals surface area contributed by atoms with Crippen molar-refractivity contribution in [2.75, 3.05) is 5.32 Å². The third kappa shape index (κ3) is 1.36. The second-order valence-corrected chi connectivity index (χ2v) is 5.39. The minimum atomic E-state index is -0.124. The van der Waals surface area contributed by atoms with Gasteiger partial charge in [0.1, 0.15) is 0 Å². The van der Waals surface area contributed by atoms with E-state index in [1.807, 2.05) is 12.1 Å². The zero-order chi connectivity index (χ0) is 11.2. The molecule has 0 bridgehead atoms. The number of para-hydroxylation sites is 1. The molecular weight excluding hydrogens is 268 g/mol. The Bertz CT molecular complexity index is 452. The fourth-order valence-electron chi connectivity index (χ4n) is 2.85. The van der Waals surface area contributed by atoms with E-state index in [1.54, 1.807) is 0 Å². The molecule has 0 aromatic heterocycles. The molecule has 3 rings (SSSR count). The van der Waals surface area contributed by atoms with Crippen molar-refractivity contribution in [2.24, 2.45) is 0 Å². The molecule has 1 aromatic rings. The van der Waals surface area contributed by atoms with Gasteiger partial charge in [0.2, 0.25) is 0 Å². The normalized spacial score (nSPS) is 21.4. The van der Waals surface area contributed by atoms with Gasteiger partial charge in [0, 0.05) is 10.0 Å². The Balaban J connectivity index is 2.18. The molecule has 84 valence electrons. The van der Waals surface area contributed by atoms with E-state index in [2.05, 4.69) is 32.6 Å². The molecule has 1 saturated carbocycles. The highest BCUT2D eigenvalue weighted by molar-refractivity contribution is 9.10. The monoisotopic (exact) mass is 280 g/mol. The Hall–Kier alpha value is -1.03. The topological polar surface area (TPSA) is 41.1 Å². The molecule has 1 aliphatic carbocycles. The SMILES string of the molecule is O=C1Nc2c(Br)cccc2C2(CCCC2)N1. The minimum absolute atomic E-state index is 0.0821. The lowest BCUT2D eigenvalue weighted by Crippen LogP contribution is -2.50. The van der Waals surface area contributed by atoms with E-state index < -0.39 is 0 Å². The van der Waals surface area contributed by atoms with Crippen LogP contribution in [0, 0.1) is 0 Å². The van der Waals surface area contributed by atoms with E-state index >= 15 is 0 Å². The van der Waals surface area contributed by atoms with Gasteiger partial charge in [-0.3, -0.25) is 0 Å². The molecule has 2 aliphatic rings. The van der Waals surface area contributed by atoms with Gasteiger partial charge in [-0.2, -0.15) is 0 Å². The van der Waals surface area contributed by atoms with Gasteiger partial charge < -0.3 is 10.6 Å². The number of halogens is 1. The number of nitrogens with one attached hydrogen (secondary N) is 2. The van der Waals surface area contributed by atoms with Gasteiger partial charge in [-0.1, -0.05) is 25.0 Å². The van der Waals surface area contributed by atoms with E-state index in [9.17, 15) is 4.79 Å². The third-order valence-corrected chi connectivity index (χ3v) is 4.24. The number of carbonyl (C=O) groups excluding carboxylic acids is 1. The summed E-state index contributed by atoms with van der Waals surface area (Å²) in [6, 6.07) is 6.02. The lowest BCUT2D eigenvalue weighted by molar-refractivity contribution is 0.233. The highest BCUT2D eigenvalue weighted by atomic mass is 79.9. The first-order valence-corrected chi connectivity index (χ1v) is 6.39. The fourth-order valence-corrected chi connectivity index (χ4v) is 3.32. The first kappa shape index (κ1) is 10.1. The molecular formula is C12H13BrN2O. The second-order valence-electron chi connectivity index (χ2n) is 4.53. The molecule has 0 saturated heterocycles. The molecule has 16 heavy (non-hydrogen) atoms. The average molecular weight is 281 g/mol. The maximum absolute atomic E-state index is 11.7. The van der Waals surface area contributed by atoms with Gasteiger partial charge in [0.15, 0.2) is 0 Å². The van der Waals surface area contributed by atoms with Crippen molar-refractivity contribution in [3.05, 3.63) is 28.2 Å². The van der Waals surface area contributed by atoms with Gasteiger partial charge in [-0.25, -0.2) is 4.79 Å². The van der Waals surface area contributed by atoms with E-state index in [0.717, 1.165) is 23.0 Å². The van der Waals surface area contributed by atoms with Crippen LogP contribution in [0.25, 0.3) is 0 Å². The van der Waals surface area contributed by atoms with E-state index in [0.29, 0.717) is 0 Å². The molecule has 0 unspecified atom stereocenters. The zero-order valence-electron chi connectivity index (χ0n) is 8.85. The summed E-state index contributed by atoms with van der Waals surface area (Å²) in [6.07, 6.45) is 4.46. The van der Waals surface area contributed by atoms with Crippen LogP contribution in [-0.2, 0) is 5.54 Å². The third-order valence-electron chi connectivity index (χ3n) is 3.58. The van der Waals surface area contributed by atoms with Crippen LogP contribution in [0.5, 0.6) is 0 Å². The van der Waals surface area contributed by atoms with Crippen molar-refractivity contribution < 1.29 is 4.79 Å². The maximum atomic E-state index is 11.7. The molecule has 1 heterocycles. The van der Waals surface area contributed by atoms with Crippen LogP contribution >= 0.6 is 15.9 Å². The van der Waals surface area contributed by atoms with E-state index in [1.165, 1.54) is 18.4 Å². The fraction of sp³-hybridized carbons (Fsp3) is 0.417. The predicted octanol–water partition coefficient (Wildman–Crippen LogP) is 3.35. The lowest BCUT2D eigenvalue weighted by Gasteiger charge is -2.37. The average Bonchev–Trinajstić information content (AvgIpc) is 2.69. The molecule has 1 spiro atoms. The zero-order valence-corrected chi connectivity index (χ0v) is 10.4. The Labute approximate surface area is 103 Å². The van der Waals surface area contributed by atoms with E-state index in [-0.39, 0.29) is 11.6 Å². The van der Waals surface area contributed by atoms with Crippen LogP contribution in [0.1, 0.15) is 31.2 Å². The Morgan fingerprint density at radius 3 is 2.75 bits per heavy atom. The molecule has 1 fully saturated rings. The summed E-state index contributed by atoms with van der Waals surface area (Å²) in [7, 11) is 0. The molecule has 2 N–H and O–H groups in total. The highest BCUT2D eigenvalue weighted by Gasteiger charge is 2.42. The van der Waals surface area contributed by atoms with Gasteiger partial charge >= 0.3 is 6.03 Å². The number of hydrogen-bond acceptors (Lipinski definition) is 1. The van der Waals surface area contributed by atoms with Crippen molar-refractivity contribution in [2.45, 2.75) is 31.2 Å². The van der Waals surface area contributed by atoms with Crippen LogP contribution < -0.4 is 10.6 Å². The number of carbonyl (C=O) groups is 1. The largest absolute Gasteiger partial charge is 0.328 e. The van der Waals surface area contributed by atoms with Crippen LogP contribution in [0.4, 0.5) is 10.5 Å². The summed E-state index contributed by atoms with van der Waals surface area (Å²) < 4.78 is 0.964. The van der Waals surface area contributed by atoms with Crippen molar-refractivity contribution in [3.63, 3.8) is 0 Å². The molecule has 1 aromatic carbocycles. The van der Waals surface area contributed by atoms with Gasteiger partial charge in [-0.05, 0) is 34.8 Å². The van der Waals surface area contributed by atoms with E-state index in [4.69, 9.17) is 0 Å². The van der Waals surface area contributed by atoms with Crippen molar-refractivity contribution in [1.82, 2.24) is 5.32 Å². The Kier molecular flexibility index (Phi) is 2.21. The second kappa shape index (κ2) is 3.48. The van der Waals surface area contributed by atoms with Crippen LogP contribution in [0.15, 0.2) is 22.7 Å². The Morgan fingerprint density at radius 1 is 1.25 bits per heavy atom. The first-order valence-electron chi connectivity index (χ1n) is 5.59. The molecule has 0 atom stereocenters. The highest BCUT2D eigenvalue weighted by Crippen LogP contribution is 2.45. The number of rotatable bonds is 0. The van der Waals surface area contributed by atoms with Crippen LogP contribution in [-0.4, -0.2) is 6.03 Å². The summed E-state index contributed by atoms with van der Waals surface area (Å²) in [4.78, 5) is 11.7. The van der Waals surface area contributed by atoms with Gasteiger partial charge in [0.05, 0.1) is 11.2 Å². The molecule has 3 nitrogen and oxygen atoms in total. The lowest BCUT2D eigenvalue weighted by atomic mass is 9.85. The van der Waals surface area contributed by atoms with Crippen molar-refractivity contribution in [3.8, 4) is 0 Å².